The Morgan fingerprint density at radius 2 is 1.86 bits per heavy atom. The van der Waals surface area contributed by atoms with E-state index in [-0.39, 0.29) is 17.1 Å². The van der Waals surface area contributed by atoms with E-state index < -0.39 is 29.9 Å². The van der Waals surface area contributed by atoms with E-state index in [4.69, 9.17) is 11.6 Å². The number of anilines is 1. The van der Waals surface area contributed by atoms with Crippen molar-refractivity contribution in [3.05, 3.63) is 100 Å². The molecule has 4 aromatic rings. The van der Waals surface area contributed by atoms with E-state index in [1.165, 1.54) is 23.8 Å². The average molecular weight is 552 g/mol. The second-order valence-corrected chi connectivity index (χ2v) is 9.01. The van der Waals surface area contributed by atoms with Gasteiger partial charge in [-0.15, -0.1) is 10.2 Å². The van der Waals surface area contributed by atoms with Gasteiger partial charge in [0.25, 0.3) is 0 Å². The number of halogens is 5. The Hall–Kier alpha value is -3.77. The van der Waals surface area contributed by atoms with Crippen LogP contribution in [0.1, 0.15) is 16.8 Å². The molecule has 4 rings (SSSR count). The van der Waals surface area contributed by atoms with Gasteiger partial charge in [0, 0.05) is 12.6 Å². The molecule has 192 valence electrons. The number of hydrogen-bond donors (Lipinski definition) is 2. The fourth-order valence-electron chi connectivity index (χ4n) is 3.63. The predicted octanol–water partition coefficient (Wildman–Crippen LogP) is 6.13. The lowest BCUT2D eigenvalue weighted by Gasteiger charge is -2.35. The highest BCUT2D eigenvalue weighted by Gasteiger charge is 2.44. The number of alkyl halides is 4. The van der Waals surface area contributed by atoms with Gasteiger partial charge in [-0.05, 0) is 35.4 Å². The molecule has 0 bridgehead atoms. The van der Waals surface area contributed by atoms with Gasteiger partial charge >= 0.3 is 18.6 Å². The van der Waals surface area contributed by atoms with Gasteiger partial charge < -0.3 is 10.1 Å². The number of aromatic nitrogens is 3. The minimum atomic E-state index is -4.72. The number of nitrogens with zero attached hydrogens (tertiary/aromatic N) is 3. The number of nitrogens with one attached hydrogen (secondary N) is 2. The second kappa shape index (κ2) is 11.1. The number of carbonyl (C=O) groups is 1. The smallest absolute Gasteiger partial charge is 0.428 e. The Labute approximate surface area is 217 Å². The van der Waals surface area contributed by atoms with Crippen LogP contribution in [0.2, 0.25) is 5.02 Å². The van der Waals surface area contributed by atoms with Gasteiger partial charge in [0.2, 0.25) is 5.13 Å². The molecule has 0 aliphatic carbocycles. The Morgan fingerprint density at radius 3 is 2.51 bits per heavy atom. The maximum Gasteiger partial charge on any atom is 0.461 e. The van der Waals surface area contributed by atoms with Crippen molar-refractivity contribution in [1.82, 2.24) is 20.5 Å². The molecule has 2 aromatic heterocycles. The van der Waals surface area contributed by atoms with Crippen LogP contribution in [0.25, 0.3) is 0 Å². The van der Waals surface area contributed by atoms with Crippen molar-refractivity contribution in [3.8, 4) is 5.75 Å². The summed E-state index contributed by atoms with van der Waals surface area (Å²) in [6.45, 7) is 0. The summed E-state index contributed by atoms with van der Waals surface area (Å²) in [4.78, 5) is 17.5. The molecule has 1 atom stereocenters. The molecule has 0 aliphatic heterocycles. The largest absolute Gasteiger partial charge is 0.461 e. The summed E-state index contributed by atoms with van der Waals surface area (Å²) in [6, 6.07) is 16.6. The zero-order chi connectivity index (χ0) is 26.5. The zero-order valence-corrected chi connectivity index (χ0v) is 20.3. The lowest BCUT2D eigenvalue weighted by molar-refractivity contribution is -0.253. The van der Waals surface area contributed by atoms with E-state index in [2.05, 4.69) is 30.6 Å². The van der Waals surface area contributed by atoms with E-state index in [0.717, 1.165) is 29.0 Å². The van der Waals surface area contributed by atoms with Crippen molar-refractivity contribution in [3.63, 3.8) is 0 Å². The fourth-order valence-corrected chi connectivity index (χ4v) is 4.18. The van der Waals surface area contributed by atoms with Crippen LogP contribution in [0.4, 0.5) is 27.5 Å². The molecule has 13 heteroatoms. The molecule has 2 amide bonds. The number of urea groups is 1. The molecule has 0 saturated carbocycles. The summed E-state index contributed by atoms with van der Waals surface area (Å²) in [7, 11) is 0. The maximum atomic E-state index is 13.7. The first-order chi connectivity index (χ1) is 17.7. The van der Waals surface area contributed by atoms with Crippen LogP contribution in [0.15, 0.2) is 78.4 Å². The monoisotopic (exact) mass is 551 g/mol. The highest BCUT2D eigenvalue weighted by atomic mass is 35.5. The van der Waals surface area contributed by atoms with Crippen molar-refractivity contribution in [1.29, 1.82) is 0 Å². The molecule has 2 N–H and O–H groups in total. The first-order valence-corrected chi connectivity index (χ1v) is 11.9. The van der Waals surface area contributed by atoms with Crippen molar-refractivity contribution in [2.75, 3.05) is 5.32 Å². The van der Waals surface area contributed by atoms with Gasteiger partial charge in [0.05, 0.1) is 10.7 Å². The first-order valence-electron chi connectivity index (χ1n) is 10.6. The summed E-state index contributed by atoms with van der Waals surface area (Å²) in [5.41, 5.74) is 1.23. The van der Waals surface area contributed by atoms with E-state index in [9.17, 15) is 22.4 Å². The number of carbonyl (C=O) groups excluding carboxylic acids is 1. The van der Waals surface area contributed by atoms with E-state index in [0.29, 0.717) is 10.7 Å². The van der Waals surface area contributed by atoms with Crippen molar-refractivity contribution < 1.29 is 27.1 Å². The predicted molar refractivity (Wildman–Crippen MR) is 130 cm³/mol. The Balaban J connectivity index is 1.85. The van der Waals surface area contributed by atoms with Gasteiger partial charge in [0.1, 0.15) is 16.8 Å². The molecular weight excluding hydrogens is 534 g/mol. The van der Waals surface area contributed by atoms with Crippen molar-refractivity contribution in [2.24, 2.45) is 0 Å². The van der Waals surface area contributed by atoms with Crippen molar-refractivity contribution >= 4 is 34.1 Å². The lowest BCUT2D eigenvalue weighted by Crippen LogP contribution is -2.50. The molecule has 2 aromatic carbocycles. The van der Waals surface area contributed by atoms with Crippen LogP contribution in [0.3, 0.4) is 0 Å². The van der Waals surface area contributed by atoms with Crippen LogP contribution in [0, 0.1) is 0 Å². The van der Waals surface area contributed by atoms with Crippen LogP contribution in [-0.4, -0.2) is 33.7 Å². The Bertz CT molecular complexity index is 1330. The van der Waals surface area contributed by atoms with E-state index in [1.54, 1.807) is 36.4 Å². The quantitative estimate of drug-likeness (QED) is 0.244. The third kappa shape index (κ3) is 6.33. The van der Waals surface area contributed by atoms with Crippen LogP contribution < -0.4 is 15.4 Å². The molecule has 0 aliphatic rings. The van der Waals surface area contributed by atoms with Gasteiger partial charge in [-0.3, -0.25) is 10.3 Å². The maximum absolute atomic E-state index is 13.7. The minimum absolute atomic E-state index is 0.0979. The summed E-state index contributed by atoms with van der Waals surface area (Å²) in [6.07, 6.45) is -7.30. The molecule has 0 saturated heterocycles. The van der Waals surface area contributed by atoms with E-state index >= 15 is 0 Å². The zero-order valence-electron chi connectivity index (χ0n) is 18.7. The Morgan fingerprint density at radius 1 is 1.08 bits per heavy atom. The van der Waals surface area contributed by atoms with Gasteiger partial charge in [-0.2, -0.15) is 17.6 Å². The highest BCUT2D eigenvalue weighted by Crippen LogP contribution is 2.36. The van der Waals surface area contributed by atoms with Crippen LogP contribution in [-0.2, 0) is 12.0 Å². The molecule has 0 spiro atoms. The van der Waals surface area contributed by atoms with Gasteiger partial charge in [-0.1, -0.05) is 65.4 Å². The summed E-state index contributed by atoms with van der Waals surface area (Å²) < 4.78 is 57.3. The summed E-state index contributed by atoms with van der Waals surface area (Å²) in [5.74, 6) is -0.527. The minimum Gasteiger partial charge on any atom is -0.428 e. The van der Waals surface area contributed by atoms with Crippen LogP contribution >= 0.6 is 22.9 Å². The third-order valence-electron chi connectivity index (χ3n) is 5.22. The molecule has 7 nitrogen and oxygen atoms in total. The van der Waals surface area contributed by atoms with E-state index in [1.807, 2.05) is 6.07 Å². The number of hydrogen-bond acceptors (Lipinski definition) is 6. The van der Waals surface area contributed by atoms with Crippen LogP contribution in [0.5, 0.6) is 5.75 Å². The SMILES string of the molecule is O=C(Nc1nncs1)NC(Cc1ccccc1)(c1cccc(OC(F)(F)C(F)F)c1)c1ccc(Cl)cn1. The average Bonchev–Trinajstić information content (AvgIpc) is 3.37. The number of ether oxygens (including phenoxy) is 1. The molecule has 2 heterocycles. The molecule has 0 fully saturated rings. The normalized spacial score (nSPS) is 13.1. The summed E-state index contributed by atoms with van der Waals surface area (Å²) in [5, 5.41) is 13.4. The molecular formula is C24H18ClF4N5O2S. The standard InChI is InChI=1S/C24H18ClF4N5O2S/c25-17-9-10-19(30-13-17)23(12-15-5-2-1-3-6-15,33-21(35)32-22-34-31-14-37-22)16-7-4-8-18(11-16)36-24(28,29)20(26)27/h1-11,13-14,20H,12H2,(H2,32,33,34,35). The number of amides is 2. The van der Waals surface area contributed by atoms with Gasteiger partial charge in [-0.25, -0.2) is 4.79 Å². The Kier molecular flexibility index (Phi) is 7.89. The first kappa shape index (κ1) is 26.3. The lowest BCUT2D eigenvalue weighted by atomic mass is 9.80. The van der Waals surface area contributed by atoms with Crippen molar-refractivity contribution in [2.45, 2.75) is 24.5 Å². The summed E-state index contributed by atoms with van der Waals surface area (Å²) >= 11 is 7.13. The molecule has 37 heavy (non-hydrogen) atoms. The highest BCUT2D eigenvalue weighted by molar-refractivity contribution is 7.13. The molecule has 1 unspecified atom stereocenters. The molecule has 0 radical (unpaired) electrons. The second-order valence-electron chi connectivity index (χ2n) is 7.74. The topological polar surface area (TPSA) is 89.0 Å². The third-order valence-corrected chi connectivity index (χ3v) is 6.05. The number of benzene rings is 2. The van der Waals surface area contributed by atoms with Gasteiger partial charge in [0.15, 0.2) is 0 Å². The number of rotatable bonds is 9. The number of pyridine rings is 1. The fraction of sp³-hybridized carbons (Fsp3) is 0.167.